The van der Waals surface area contributed by atoms with E-state index in [0.29, 0.717) is 12.3 Å². The predicted molar refractivity (Wildman–Crippen MR) is 48.3 cm³/mol. The second-order valence-corrected chi connectivity index (χ2v) is 4.38. The van der Waals surface area contributed by atoms with Crippen molar-refractivity contribution in [2.75, 3.05) is 13.4 Å². The molecule has 0 heterocycles. The van der Waals surface area contributed by atoms with Crippen LogP contribution in [0.25, 0.3) is 0 Å². The minimum absolute atomic E-state index is 0.387. The first-order chi connectivity index (χ1) is 7.26. The first-order valence-electron chi connectivity index (χ1n) is 3.87. The molecule has 16 heavy (non-hydrogen) atoms. The van der Waals surface area contributed by atoms with Crippen LogP contribution in [0.1, 0.15) is 0 Å². The van der Waals surface area contributed by atoms with Gasteiger partial charge in [-0.2, -0.15) is 12.8 Å². The van der Waals surface area contributed by atoms with Crippen molar-refractivity contribution in [2.45, 2.75) is 0 Å². The van der Waals surface area contributed by atoms with Crippen molar-refractivity contribution in [2.24, 2.45) is 0 Å². The van der Waals surface area contributed by atoms with Crippen LogP contribution in [-0.2, 0) is 10.1 Å². The Kier molecular flexibility index (Phi) is 3.32. The van der Waals surface area contributed by atoms with Gasteiger partial charge in [-0.25, -0.2) is 8.78 Å². The molecule has 0 aromatic heterocycles. The third-order valence-electron chi connectivity index (χ3n) is 1.53. The van der Waals surface area contributed by atoms with Crippen LogP contribution in [0.3, 0.4) is 0 Å². The highest BCUT2D eigenvalue weighted by Gasteiger charge is 2.22. The number of halogens is 3. The Morgan fingerprint density at radius 2 is 1.75 bits per heavy atom. The molecular formula is C8H7F3O4S. The van der Waals surface area contributed by atoms with E-state index in [4.69, 9.17) is 0 Å². The molecule has 0 unspecified atom stereocenters. The Hall–Kier alpha value is -1.44. The lowest BCUT2D eigenvalue weighted by Gasteiger charge is -2.10. The molecule has 90 valence electrons. The summed E-state index contributed by atoms with van der Waals surface area (Å²) in [5, 5.41) is 0. The van der Waals surface area contributed by atoms with Crippen molar-refractivity contribution in [3.8, 4) is 11.5 Å². The molecule has 1 aromatic rings. The van der Waals surface area contributed by atoms with Gasteiger partial charge in [0.15, 0.2) is 17.4 Å². The number of hydrogen-bond acceptors (Lipinski definition) is 4. The molecule has 0 aliphatic heterocycles. The summed E-state index contributed by atoms with van der Waals surface area (Å²) in [6.07, 6.45) is 0.672. The van der Waals surface area contributed by atoms with E-state index >= 15 is 0 Å². The van der Waals surface area contributed by atoms with Gasteiger partial charge in [-0.3, -0.25) is 0 Å². The van der Waals surface area contributed by atoms with E-state index in [1.54, 1.807) is 0 Å². The molecule has 0 saturated carbocycles. The third-order valence-corrected chi connectivity index (χ3v) is 2.01. The highest BCUT2D eigenvalue weighted by Crippen LogP contribution is 2.34. The van der Waals surface area contributed by atoms with Gasteiger partial charge in [0.2, 0.25) is 11.6 Å². The van der Waals surface area contributed by atoms with Gasteiger partial charge in [-0.05, 0) is 0 Å². The first-order valence-corrected chi connectivity index (χ1v) is 5.69. The SMILES string of the molecule is COc1c(OS(C)(=O)=O)cc(F)c(F)c1F. The van der Waals surface area contributed by atoms with Crippen molar-refractivity contribution in [1.82, 2.24) is 0 Å². The maximum absolute atomic E-state index is 13.1. The summed E-state index contributed by atoms with van der Waals surface area (Å²) in [5.74, 6) is -6.55. The smallest absolute Gasteiger partial charge is 0.306 e. The standard InChI is InChI=1S/C8H7F3O4S/c1-14-8-5(15-16(2,12)13)3-4(9)6(10)7(8)11/h3H,1-2H3. The van der Waals surface area contributed by atoms with Crippen molar-refractivity contribution >= 4 is 10.1 Å². The van der Waals surface area contributed by atoms with Gasteiger partial charge in [0.05, 0.1) is 13.4 Å². The van der Waals surface area contributed by atoms with Gasteiger partial charge in [-0.15, -0.1) is 0 Å². The monoisotopic (exact) mass is 256 g/mol. The normalized spacial score (nSPS) is 11.3. The van der Waals surface area contributed by atoms with E-state index in [0.717, 1.165) is 7.11 Å². The molecule has 1 rings (SSSR count). The number of benzene rings is 1. The molecule has 0 aliphatic carbocycles. The third kappa shape index (κ3) is 2.57. The molecule has 0 N–H and O–H groups in total. The van der Waals surface area contributed by atoms with Gasteiger partial charge in [-0.1, -0.05) is 0 Å². The molecule has 0 spiro atoms. The summed E-state index contributed by atoms with van der Waals surface area (Å²) in [4.78, 5) is 0. The fraction of sp³-hybridized carbons (Fsp3) is 0.250. The van der Waals surface area contributed by atoms with Crippen LogP contribution in [0.2, 0.25) is 0 Å². The average molecular weight is 256 g/mol. The molecule has 8 heteroatoms. The van der Waals surface area contributed by atoms with Gasteiger partial charge >= 0.3 is 10.1 Å². The van der Waals surface area contributed by atoms with Crippen LogP contribution >= 0.6 is 0 Å². The van der Waals surface area contributed by atoms with Crippen LogP contribution < -0.4 is 8.92 Å². The van der Waals surface area contributed by atoms with Crippen LogP contribution in [0, 0.1) is 17.5 Å². The summed E-state index contributed by atoms with van der Waals surface area (Å²) in [5.41, 5.74) is 0. The molecule has 0 saturated heterocycles. The molecule has 0 radical (unpaired) electrons. The Bertz CT molecular complexity index is 513. The van der Waals surface area contributed by atoms with E-state index in [1.807, 2.05) is 0 Å². The Morgan fingerprint density at radius 3 is 2.19 bits per heavy atom. The van der Waals surface area contributed by atoms with E-state index < -0.39 is 39.1 Å². The summed E-state index contributed by atoms with van der Waals surface area (Å²) >= 11 is 0. The lowest BCUT2D eigenvalue weighted by Crippen LogP contribution is -2.09. The van der Waals surface area contributed by atoms with Crippen LogP contribution in [0.4, 0.5) is 13.2 Å². The average Bonchev–Trinajstić information content (AvgIpc) is 2.12. The van der Waals surface area contributed by atoms with Crippen molar-refractivity contribution in [1.29, 1.82) is 0 Å². The second-order valence-electron chi connectivity index (χ2n) is 2.81. The van der Waals surface area contributed by atoms with Crippen molar-refractivity contribution in [3.05, 3.63) is 23.5 Å². The lowest BCUT2D eigenvalue weighted by molar-refractivity contribution is 0.343. The zero-order valence-electron chi connectivity index (χ0n) is 8.25. The van der Waals surface area contributed by atoms with Crippen molar-refractivity contribution < 1.29 is 30.5 Å². The predicted octanol–water partition coefficient (Wildman–Crippen LogP) is 1.45. The quantitative estimate of drug-likeness (QED) is 0.606. The van der Waals surface area contributed by atoms with Crippen LogP contribution in [0.5, 0.6) is 11.5 Å². The molecule has 0 atom stereocenters. The molecule has 0 amide bonds. The summed E-state index contributed by atoms with van der Waals surface area (Å²) < 4.78 is 68.8. The summed E-state index contributed by atoms with van der Waals surface area (Å²) in [6.45, 7) is 0. The fourth-order valence-electron chi connectivity index (χ4n) is 0.972. The minimum Gasteiger partial charge on any atom is -0.490 e. The van der Waals surface area contributed by atoms with E-state index in [1.165, 1.54) is 0 Å². The van der Waals surface area contributed by atoms with E-state index in [-0.39, 0.29) is 0 Å². The molecule has 1 aromatic carbocycles. The largest absolute Gasteiger partial charge is 0.490 e. The van der Waals surface area contributed by atoms with Gasteiger partial charge in [0, 0.05) is 6.07 Å². The Balaban J connectivity index is 3.39. The minimum atomic E-state index is -3.99. The maximum atomic E-state index is 13.1. The highest BCUT2D eigenvalue weighted by molar-refractivity contribution is 7.86. The number of rotatable bonds is 3. The zero-order valence-corrected chi connectivity index (χ0v) is 9.07. The Morgan fingerprint density at radius 1 is 1.19 bits per heavy atom. The van der Waals surface area contributed by atoms with Crippen LogP contribution in [-0.4, -0.2) is 21.8 Å². The van der Waals surface area contributed by atoms with Gasteiger partial charge < -0.3 is 8.92 Å². The zero-order chi connectivity index (χ0) is 12.5. The summed E-state index contributed by atoms with van der Waals surface area (Å²) in [6, 6.07) is 0.387. The molecule has 0 aliphatic rings. The van der Waals surface area contributed by atoms with Crippen molar-refractivity contribution in [3.63, 3.8) is 0 Å². The molecule has 4 nitrogen and oxygen atoms in total. The number of hydrogen-bond donors (Lipinski definition) is 0. The molecule has 0 bridgehead atoms. The topological polar surface area (TPSA) is 52.6 Å². The maximum Gasteiger partial charge on any atom is 0.306 e. The van der Waals surface area contributed by atoms with Gasteiger partial charge in [0.25, 0.3) is 0 Å². The lowest BCUT2D eigenvalue weighted by atomic mass is 10.3. The highest BCUT2D eigenvalue weighted by atomic mass is 32.2. The number of ether oxygens (including phenoxy) is 1. The van der Waals surface area contributed by atoms with E-state index in [9.17, 15) is 21.6 Å². The Labute approximate surface area is 89.7 Å². The summed E-state index contributed by atoms with van der Waals surface area (Å²) in [7, 11) is -3.03. The number of methoxy groups -OCH3 is 1. The molecule has 0 fully saturated rings. The van der Waals surface area contributed by atoms with E-state index in [2.05, 4.69) is 8.92 Å². The first kappa shape index (κ1) is 12.6. The fourth-order valence-corrected chi connectivity index (χ4v) is 1.42. The van der Waals surface area contributed by atoms with Gasteiger partial charge in [0.1, 0.15) is 0 Å². The van der Waals surface area contributed by atoms with Crippen LogP contribution in [0.15, 0.2) is 6.07 Å². The molecular weight excluding hydrogens is 249 g/mol. The second kappa shape index (κ2) is 4.20.